The lowest BCUT2D eigenvalue weighted by molar-refractivity contribution is 0.102. The van der Waals surface area contributed by atoms with Crippen molar-refractivity contribution in [2.24, 2.45) is 0 Å². The zero-order valence-electron chi connectivity index (χ0n) is 16.3. The van der Waals surface area contributed by atoms with Gasteiger partial charge in [-0.1, -0.05) is 17.7 Å². The zero-order chi connectivity index (χ0) is 21.0. The summed E-state index contributed by atoms with van der Waals surface area (Å²) >= 11 is 6.26. The molecule has 6 nitrogen and oxygen atoms in total. The second-order valence-corrected chi connectivity index (χ2v) is 5.65. The van der Waals surface area contributed by atoms with E-state index in [1.165, 1.54) is 36.9 Å². The van der Waals surface area contributed by atoms with Gasteiger partial charge in [0.05, 0.1) is 40.4 Å². The lowest BCUT2D eigenvalue weighted by Crippen LogP contribution is -2.14. The number of hydrogen-bond donors (Lipinski definition) is 1. The maximum Gasteiger partial charge on any atom is 0.255 e. The lowest BCUT2D eigenvalue weighted by atomic mass is 10.1. The highest BCUT2D eigenvalue weighted by Gasteiger charge is 2.12. The molecule has 128 valence electrons. The number of anilines is 3. The number of carbonyl (C=O) groups excluding carboxylic acids is 1. The van der Waals surface area contributed by atoms with Gasteiger partial charge in [0, 0.05) is 22.3 Å². The third kappa shape index (κ3) is 3.79. The van der Waals surface area contributed by atoms with E-state index in [9.17, 15) is 4.79 Å². The number of halogens is 1. The summed E-state index contributed by atoms with van der Waals surface area (Å²) in [6.45, 7) is -2.57. The third-order valence-corrected chi connectivity index (χ3v) is 3.82. The Kier molecular flexibility index (Phi) is 4.06. The molecular formula is C19H14ClN5O. The van der Waals surface area contributed by atoms with E-state index in [1.807, 2.05) is 6.07 Å². The first-order valence-corrected chi connectivity index (χ1v) is 7.84. The van der Waals surface area contributed by atoms with Crippen LogP contribution in [0.5, 0.6) is 0 Å². The quantitative estimate of drug-likeness (QED) is 0.754. The molecule has 26 heavy (non-hydrogen) atoms. The Labute approximate surface area is 159 Å². The molecule has 0 saturated carbocycles. The monoisotopic (exact) mass is 366 g/mol. The standard InChI is InChI=1S/C19H14ClN5O/c1-25(16-10-22-12-23-11-16)18-8-15(5-6-17(18)20)24-19(26)14-4-2-3-13(7-14)9-21/h2-8,10-12H,1H3,(H,24,26)/i1D3. The van der Waals surface area contributed by atoms with Crippen molar-refractivity contribution >= 4 is 34.6 Å². The Hall–Kier alpha value is -3.43. The van der Waals surface area contributed by atoms with Crippen molar-refractivity contribution in [2.75, 3.05) is 17.2 Å². The van der Waals surface area contributed by atoms with Crippen LogP contribution in [-0.4, -0.2) is 22.9 Å². The number of nitrogens with one attached hydrogen (secondary N) is 1. The number of carbonyl (C=O) groups is 1. The SMILES string of the molecule is [2H]C([2H])([2H])N(c1cncnc1)c1cc(NC(=O)c2cccc(C#N)c2)ccc1Cl. The normalized spacial score (nSPS) is 12.2. The molecule has 1 heterocycles. The molecule has 0 aliphatic heterocycles. The van der Waals surface area contributed by atoms with Gasteiger partial charge >= 0.3 is 0 Å². The van der Waals surface area contributed by atoms with E-state index in [0.29, 0.717) is 16.8 Å². The summed E-state index contributed by atoms with van der Waals surface area (Å²) in [5, 5.41) is 11.8. The number of hydrogen-bond acceptors (Lipinski definition) is 5. The van der Waals surface area contributed by atoms with Crippen molar-refractivity contribution in [3.63, 3.8) is 0 Å². The van der Waals surface area contributed by atoms with Crippen molar-refractivity contribution in [1.29, 1.82) is 5.26 Å². The molecule has 1 aromatic heterocycles. The first-order chi connectivity index (χ1) is 13.8. The molecule has 1 amide bonds. The Morgan fingerprint density at radius 3 is 2.81 bits per heavy atom. The van der Waals surface area contributed by atoms with Gasteiger partial charge in [0.25, 0.3) is 5.91 Å². The summed E-state index contributed by atoms with van der Waals surface area (Å²) in [5.74, 6) is -0.446. The van der Waals surface area contributed by atoms with Gasteiger partial charge in [-0.25, -0.2) is 9.97 Å². The van der Waals surface area contributed by atoms with Crippen LogP contribution in [0.3, 0.4) is 0 Å². The molecule has 0 aliphatic carbocycles. The summed E-state index contributed by atoms with van der Waals surface area (Å²) in [4.78, 5) is 21.3. The minimum Gasteiger partial charge on any atom is -0.341 e. The highest BCUT2D eigenvalue weighted by Crippen LogP contribution is 2.32. The van der Waals surface area contributed by atoms with Crippen molar-refractivity contribution in [3.8, 4) is 6.07 Å². The second kappa shape index (κ2) is 7.64. The average molecular weight is 367 g/mol. The van der Waals surface area contributed by atoms with Gasteiger partial charge in [-0.05, 0) is 36.4 Å². The number of benzene rings is 2. The van der Waals surface area contributed by atoms with Crippen LogP contribution >= 0.6 is 11.6 Å². The van der Waals surface area contributed by atoms with Crippen LogP contribution in [0.4, 0.5) is 17.1 Å². The molecular weight excluding hydrogens is 350 g/mol. The topological polar surface area (TPSA) is 81.9 Å². The molecule has 0 spiro atoms. The summed E-state index contributed by atoms with van der Waals surface area (Å²) in [6.07, 6.45) is 4.00. The maximum absolute atomic E-state index is 12.5. The van der Waals surface area contributed by atoms with Crippen molar-refractivity contribution in [3.05, 3.63) is 77.3 Å². The van der Waals surface area contributed by atoms with Gasteiger partial charge in [0.1, 0.15) is 6.33 Å². The molecule has 3 rings (SSSR count). The molecule has 2 aromatic carbocycles. The van der Waals surface area contributed by atoms with E-state index in [4.69, 9.17) is 21.0 Å². The smallest absolute Gasteiger partial charge is 0.255 e. The fraction of sp³-hybridized carbons (Fsp3) is 0.0526. The largest absolute Gasteiger partial charge is 0.341 e. The third-order valence-electron chi connectivity index (χ3n) is 3.50. The van der Waals surface area contributed by atoms with Crippen LogP contribution in [-0.2, 0) is 0 Å². The molecule has 3 aromatic rings. The van der Waals surface area contributed by atoms with Crippen LogP contribution in [0.1, 0.15) is 20.0 Å². The fourth-order valence-corrected chi connectivity index (χ4v) is 2.44. The molecule has 0 aliphatic rings. The van der Waals surface area contributed by atoms with Gasteiger partial charge < -0.3 is 10.2 Å². The van der Waals surface area contributed by atoms with Crippen molar-refractivity contribution in [1.82, 2.24) is 9.97 Å². The number of rotatable bonds is 4. The highest BCUT2D eigenvalue weighted by atomic mass is 35.5. The number of amides is 1. The number of nitrogens with zero attached hydrogens (tertiary/aromatic N) is 4. The van der Waals surface area contributed by atoms with Crippen LogP contribution in [0.2, 0.25) is 5.02 Å². The Morgan fingerprint density at radius 2 is 2.08 bits per heavy atom. The first kappa shape index (κ1) is 13.8. The summed E-state index contributed by atoms with van der Waals surface area (Å²) < 4.78 is 23.6. The van der Waals surface area contributed by atoms with Crippen LogP contribution in [0.25, 0.3) is 0 Å². The predicted molar refractivity (Wildman–Crippen MR) is 101 cm³/mol. The average Bonchev–Trinajstić information content (AvgIpc) is 2.70. The minimum absolute atomic E-state index is 0.157. The van der Waals surface area contributed by atoms with E-state index < -0.39 is 12.9 Å². The van der Waals surface area contributed by atoms with E-state index in [-0.39, 0.29) is 16.4 Å². The summed E-state index contributed by atoms with van der Waals surface area (Å²) in [6, 6.07) is 12.7. The van der Waals surface area contributed by atoms with Gasteiger partial charge in [-0.2, -0.15) is 5.26 Å². The molecule has 0 radical (unpaired) electrons. The Balaban J connectivity index is 1.97. The lowest BCUT2D eigenvalue weighted by Gasteiger charge is -2.20. The van der Waals surface area contributed by atoms with E-state index in [2.05, 4.69) is 15.3 Å². The number of aromatic nitrogens is 2. The molecule has 0 fully saturated rings. The van der Waals surface area contributed by atoms with Crippen molar-refractivity contribution in [2.45, 2.75) is 0 Å². The molecule has 7 heteroatoms. The van der Waals surface area contributed by atoms with Crippen LogP contribution in [0, 0.1) is 11.3 Å². The van der Waals surface area contributed by atoms with E-state index in [1.54, 1.807) is 24.3 Å². The van der Waals surface area contributed by atoms with Gasteiger partial charge in [0.2, 0.25) is 0 Å². The van der Waals surface area contributed by atoms with Crippen molar-refractivity contribution < 1.29 is 8.91 Å². The summed E-state index contributed by atoms with van der Waals surface area (Å²) in [7, 11) is 0. The fourth-order valence-electron chi connectivity index (χ4n) is 2.24. The van der Waals surface area contributed by atoms with E-state index in [0.717, 1.165) is 4.90 Å². The van der Waals surface area contributed by atoms with E-state index >= 15 is 0 Å². The highest BCUT2D eigenvalue weighted by molar-refractivity contribution is 6.33. The van der Waals surface area contributed by atoms with Gasteiger partial charge in [-0.15, -0.1) is 0 Å². The zero-order valence-corrected chi connectivity index (χ0v) is 14.1. The second-order valence-electron chi connectivity index (χ2n) is 5.25. The maximum atomic E-state index is 12.5. The van der Waals surface area contributed by atoms with Crippen LogP contribution < -0.4 is 10.2 Å². The minimum atomic E-state index is -2.57. The predicted octanol–water partition coefficient (Wildman–Crippen LogP) is 4.02. The van der Waals surface area contributed by atoms with Gasteiger partial charge in [0.15, 0.2) is 0 Å². The van der Waals surface area contributed by atoms with Gasteiger partial charge in [-0.3, -0.25) is 4.79 Å². The Morgan fingerprint density at radius 1 is 1.27 bits per heavy atom. The molecule has 0 atom stereocenters. The molecule has 0 unspecified atom stereocenters. The first-order valence-electron chi connectivity index (χ1n) is 8.96. The molecule has 1 N–H and O–H groups in total. The molecule has 0 saturated heterocycles. The molecule has 0 bridgehead atoms. The summed E-state index contributed by atoms with van der Waals surface area (Å²) in [5.41, 5.74) is 1.37. The Bertz CT molecular complexity index is 1080. The number of nitriles is 1. The van der Waals surface area contributed by atoms with Crippen LogP contribution in [0.15, 0.2) is 61.2 Å².